The number of aryl methyl sites for hydroxylation is 1. The van der Waals surface area contributed by atoms with Crippen LogP contribution in [0.4, 0.5) is 5.82 Å². The zero-order valence-electron chi connectivity index (χ0n) is 21.4. The standard InChI is InChI=1S/C27H23BrN8O4/c1-16-8-6-7-11-19(16)15-39-24-20(28)12-17(13-21(24)38-2)14-30-32-27(37)23-22(18-9-4-3-5-10-18)31-35-36(23)26-25(29)33-40-34-26/h3-14H,15H2,1-2H3,(H2,29,33)(H,32,37)/b30-14-. The predicted molar refractivity (Wildman–Crippen MR) is 150 cm³/mol. The van der Waals surface area contributed by atoms with Crippen LogP contribution in [0.5, 0.6) is 11.5 Å². The molecule has 40 heavy (non-hydrogen) atoms. The Labute approximate surface area is 236 Å². The molecule has 202 valence electrons. The van der Waals surface area contributed by atoms with Crippen molar-refractivity contribution in [3.63, 3.8) is 0 Å². The van der Waals surface area contributed by atoms with Gasteiger partial charge in [0.2, 0.25) is 11.6 Å². The molecule has 5 aromatic rings. The zero-order valence-corrected chi connectivity index (χ0v) is 23.0. The number of amides is 1. The van der Waals surface area contributed by atoms with E-state index in [4.69, 9.17) is 15.2 Å². The molecule has 0 aliphatic rings. The summed E-state index contributed by atoms with van der Waals surface area (Å²) in [7, 11) is 1.55. The van der Waals surface area contributed by atoms with E-state index in [2.05, 4.69) is 51.7 Å². The molecular weight excluding hydrogens is 580 g/mol. The van der Waals surface area contributed by atoms with Crippen molar-refractivity contribution >= 4 is 33.9 Å². The van der Waals surface area contributed by atoms with E-state index in [1.165, 1.54) is 6.21 Å². The minimum Gasteiger partial charge on any atom is -0.493 e. The third kappa shape index (κ3) is 5.54. The lowest BCUT2D eigenvalue weighted by molar-refractivity contribution is 0.0947. The van der Waals surface area contributed by atoms with Gasteiger partial charge in [-0.3, -0.25) is 4.79 Å². The summed E-state index contributed by atoms with van der Waals surface area (Å²) in [5.41, 5.74) is 12.2. The molecule has 0 radical (unpaired) electrons. The lowest BCUT2D eigenvalue weighted by Crippen LogP contribution is -2.22. The lowest BCUT2D eigenvalue weighted by atomic mass is 10.1. The number of ether oxygens (including phenoxy) is 2. The van der Waals surface area contributed by atoms with E-state index in [0.29, 0.717) is 39.4 Å². The summed E-state index contributed by atoms with van der Waals surface area (Å²) in [6.45, 7) is 2.41. The maximum Gasteiger partial charge on any atom is 0.292 e. The number of halogens is 1. The van der Waals surface area contributed by atoms with Gasteiger partial charge in [0.25, 0.3) is 5.91 Å². The third-order valence-corrected chi connectivity index (χ3v) is 6.48. The van der Waals surface area contributed by atoms with E-state index in [-0.39, 0.29) is 17.3 Å². The second-order valence-electron chi connectivity index (χ2n) is 8.49. The second kappa shape index (κ2) is 11.8. The van der Waals surface area contributed by atoms with Crippen LogP contribution in [0.15, 0.2) is 80.9 Å². The van der Waals surface area contributed by atoms with E-state index in [9.17, 15) is 4.79 Å². The highest BCUT2D eigenvalue weighted by molar-refractivity contribution is 9.10. The Morgan fingerprint density at radius 1 is 1.15 bits per heavy atom. The molecule has 0 saturated heterocycles. The fourth-order valence-corrected chi connectivity index (χ4v) is 4.43. The van der Waals surface area contributed by atoms with Crippen molar-refractivity contribution < 1.29 is 18.9 Å². The van der Waals surface area contributed by atoms with Crippen molar-refractivity contribution in [2.24, 2.45) is 5.10 Å². The first-order valence-corrected chi connectivity index (χ1v) is 12.7. The number of benzene rings is 3. The third-order valence-electron chi connectivity index (χ3n) is 5.89. The number of nitrogens with two attached hydrogens (primary N) is 1. The highest BCUT2D eigenvalue weighted by Crippen LogP contribution is 2.37. The van der Waals surface area contributed by atoms with Crippen LogP contribution in [0.3, 0.4) is 0 Å². The Morgan fingerprint density at radius 2 is 1.93 bits per heavy atom. The summed E-state index contributed by atoms with van der Waals surface area (Å²) in [6, 6.07) is 20.6. The number of hydrogen-bond donors (Lipinski definition) is 2. The van der Waals surface area contributed by atoms with Gasteiger partial charge in [-0.15, -0.1) is 5.10 Å². The van der Waals surface area contributed by atoms with Gasteiger partial charge in [0.05, 0.1) is 17.8 Å². The number of hydrogen-bond acceptors (Lipinski definition) is 10. The molecule has 3 N–H and O–H groups in total. The number of anilines is 1. The molecule has 12 nitrogen and oxygen atoms in total. The molecule has 0 bridgehead atoms. The average Bonchev–Trinajstić information content (AvgIpc) is 3.59. The number of nitrogens with zero attached hydrogens (tertiary/aromatic N) is 6. The summed E-state index contributed by atoms with van der Waals surface area (Å²) < 4.78 is 18.1. The highest BCUT2D eigenvalue weighted by Gasteiger charge is 2.26. The van der Waals surface area contributed by atoms with E-state index in [1.54, 1.807) is 31.4 Å². The van der Waals surface area contributed by atoms with Crippen molar-refractivity contribution in [1.82, 2.24) is 30.7 Å². The fourth-order valence-electron chi connectivity index (χ4n) is 3.86. The van der Waals surface area contributed by atoms with Crippen LogP contribution in [0.2, 0.25) is 0 Å². The number of aromatic nitrogens is 5. The van der Waals surface area contributed by atoms with Gasteiger partial charge >= 0.3 is 0 Å². The van der Waals surface area contributed by atoms with Crippen LogP contribution in [0.1, 0.15) is 27.2 Å². The summed E-state index contributed by atoms with van der Waals surface area (Å²) >= 11 is 3.55. The smallest absolute Gasteiger partial charge is 0.292 e. The van der Waals surface area contributed by atoms with Crippen molar-refractivity contribution in [3.05, 3.63) is 93.6 Å². The van der Waals surface area contributed by atoms with Gasteiger partial charge in [0.15, 0.2) is 17.2 Å². The Balaban J connectivity index is 1.37. The molecule has 0 spiro atoms. The number of carbonyl (C=O) groups excluding carboxylic acids is 1. The summed E-state index contributed by atoms with van der Waals surface area (Å²) in [5, 5.41) is 19.6. The molecule has 0 aliphatic heterocycles. The van der Waals surface area contributed by atoms with Crippen molar-refractivity contribution in [2.45, 2.75) is 13.5 Å². The van der Waals surface area contributed by atoms with Gasteiger partial charge in [-0.05, 0) is 62.0 Å². The van der Waals surface area contributed by atoms with Gasteiger partial charge in [-0.2, -0.15) is 9.78 Å². The van der Waals surface area contributed by atoms with Gasteiger partial charge in [-0.1, -0.05) is 59.8 Å². The topological polar surface area (TPSA) is 156 Å². The minimum atomic E-state index is -0.605. The van der Waals surface area contributed by atoms with Crippen LogP contribution in [0.25, 0.3) is 17.1 Å². The Morgan fingerprint density at radius 3 is 2.65 bits per heavy atom. The molecule has 0 aliphatic carbocycles. The molecule has 1 amide bonds. The minimum absolute atomic E-state index is 0.0266. The first-order chi connectivity index (χ1) is 19.5. The first kappa shape index (κ1) is 26.6. The predicted octanol–water partition coefficient (Wildman–Crippen LogP) is 4.32. The average molecular weight is 603 g/mol. The van der Waals surface area contributed by atoms with Crippen molar-refractivity contribution in [2.75, 3.05) is 12.8 Å². The SMILES string of the molecule is COc1cc(/C=N\NC(=O)c2c(-c3ccccc3)nnn2-c2nonc2N)cc(Br)c1OCc1ccccc1C. The normalized spacial score (nSPS) is 11.1. The number of hydrazone groups is 1. The fraction of sp³-hybridized carbons (Fsp3) is 0.111. The van der Waals surface area contributed by atoms with Gasteiger partial charge in [0, 0.05) is 5.56 Å². The summed E-state index contributed by atoms with van der Waals surface area (Å²) in [5.74, 6) is 0.417. The lowest BCUT2D eigenvalue weighted by Gasteiger charge is -2.14. The van der Waals surface area contributed by atoms with Crippen LogP contribution in [-0.2, 0) is 6.61 Å². The van der Waals surface area contributed by atoms with E-state index >= 15 is 0 Å². The van der Waals surface area contributed by atoms with Crippen LogP contribution in [0, 0.1) is 6.92 Å². The van der Waals surface area contributed by atoms with Gasteiger partial charge < -0.3 is 15.2 Å². The van der Waals surface area contributed by atoms with E-state index < -0.39 is 5.91 Å². The molecule has 2 aromatic heterocycles. The molecule has 13 heteroatoms. The summed E-state index contributed by atoms with van der Waals surface area (Å²) in [4.78, 5) is 13.3. The number of methoxy groups -OCH3 is 1. The molecule has 2 heterocycles. The Kier molecular flexibility index (Phi) is 7.82. The van der Waals surface area contributed by atoms with Crippen LogP contribution < -0.4 is 20.6 Å². The number of rotatable bonds is 9. The Bertz CT molecular complexity index is 1680. The van der Waals surface area contributed by atoms with Crippen molar-refractivity contribution in [3.8, 4) is 28.6 Å². The largest absolute Gasteiger partial charge is 0.493 e. The maximum absolute atomic E-state index is 13.3. The van der Waals surface area contributed by atoms with Gasteiger partial charge in [-0.25, -0.2) is 10.1 Å². The number of nitrogens with one attached hydrogen (secondary N) is 1. The van der Waals surface area contributed by atoms with Crippen LogP contribution in [-0.4, -0.2) is 44.5 Å². The van der Waals surface area contributed by atoms with E-state index in [0.717, 1.165) is 15.8 Å². The molecule has 0 unspecified atom stereocenters. The van der Waals surface area contributed by atoms with Crippen molar-refractivity contribution in [1.29, 1.82) is 0 Å². The zero-order chi connectivity index (χ0) is 28.1. The quantitative estimate of drug-likeness (QED) is 0.185. The molecule has 0 fully saturated rings. The monoisotopic (exact) mass is 602 g/mol. The van der Waals surface area contributed by atoms with Gasteiger partial charge in [0.1, 0.15) is 12.3 Å². The number of nitrogen functional groups attached to an aromatic ring is 1. The molecule has 0 atom stereocenters. The van der Waals surface area contributed by atoms with Crippen LogP contribution >= 0.6 is 15.9 Å². The summed E-state index contributed by atoms with van der Waals surface area (Å²) in [6.07, 6.45) is 1.47. The molecule has 0 saturated carbocycles. The molecular formula is C27H23BrN8O4. The second-order valence-corrected chi connectivity index (χ2v) is 9.34. The first-order valence-electron chi connectivity index (χ1n) is 11.9. The Hall–Kier alpha value is -5.04. The number of carbonyl (C=O) groups is 1. The molecule has 3 aromatic carbocycles. The van der Waals surface area contributed by atoms with E-state index in [1.807, 2.05) is 49.4 Å². The highest BCUT2D eigenvalue weighted by atomic mass is 79.9. The maximum atomic E-state index is 13.3. The molecule has 5 rings (SSSR count).